The zero-order valence-corrected chi connectivity index (χ0v) is 23.4. The van der Waals surface area contributed by atoms with Crippen molar-refractivity contribution in [3.8, 4) is 28.6 Å². The van der Waals surface area contributed by atoms with Crippen LogP contribution in [-0.2, 0) is 22.6 Å². The third-order valence-corrected chi connectivity index (χ3v) is 6.90. The Morgan fingerprint density at radius 2 is 1.81 bits per heavy atom. The van der Waals surface area contributed by atoms with Crippen molar-refractivity contribution in [1.29, 1.82) is 0 Å². The molecule has 0 spiro atoms. The molecule has 3 aromatic rings. The summed E-state index contributed by atoms with van der Waals surface area (Å²) in [6.07, 6.45) is 7.36. The van der Waals surface area contributed by atoms with Crippen molar-refractivity contribution in [3.63, 3.8) is 0 Å². The average molecular weight is 573 g/mol. The van der Waals surface area contributed by atoms with Crippen LogP contribution in [0.2, 0.25) is 0 Å². The van der Waals surface area contributed by atoms with E-state index in [0.29, 0.717) is 47.3 Å². The van der Waals surface area contributed by atoms with E-state index in [1.165, 1.54) is 4.58 Å². The van der Waals surface area contributed by atoms with Crippen LogP contribution in [0, 0.1) is 5.92 Å². The summed E-state index contributed by atoms with van der Waals surface area (Å²) in [4.78, 5) is 45.2. The maximum absolute atomic E-state index is 13.5. The van der Waals surface area contributed by atoms with Crippen molar-refractivity contribution in [2.24, 2.45) is 5.92 Å². The number of urea groups is 1. The molecule has 12 nitrogen and oxygen atoms in total. The number of methoxy groups -OCH3 is 3. The summed E-state index contributed by atoms with van der Waals surface area (Å²) in [5.41, 5.74) is 2.06. The van der Waals surface area contributed by atoms with Gasteiger partial charge in [0.15, 0.2) is 24.6 Å². The fourth-order valence-corrected chi connectivity index (χ4v) is 4.71. The van der Waals surface area contributed by atoms with Crippen molar-refractivity contribution in [1.82, 2.24) is 20.4 Å². The molecule has 1 N–H and O–H groups in total. The Balaban J connectivity index is 1.27. The van der Waals surface area contributed by atoms with Gasteiger partial charge in [-0.05, 0) is 54.5 Å². The normalized spacial score (nSPS) is 16.0. The summed E-state index contributed by atoms with van der Waals surface area (Å²) < 4.78 is 22.4. The second-order valence-corrected chi connectivity index (χ2v) is 9.47. The van der Waals surface area contributed by atoms with E-state index in [-0.39, 0.29) is 24.9 Å². The number of nitrogens with zero attached hydrogens (tertiary/aromatic N) is 4. The van der Waals surface area contributed by atoms with E-state index in [2.05, 4.69) is 15.5 Å². The van der Waals surface area contributed by atoms with Crippen LogP contribution >= 0.6 is 0 Å². The third kappa shape index (κ3) is 5.92. The van der Waals surface area contributed by atoms with E-state index in [0.717, 1.165) is 10.5 Å². The lowest BCUT2D eigenvalue weighted by atomic mass is 9.94. The molecule has 216 valence electrons. The monoisotopic (exact) mass is 572 g/mol. The molecule has 1 aromatic heterocycles. The highest BCUT2D eigenvalue weighted by Crippen LogP contribution is 2.28. The van der Waals surface area contributed by atoms with Crippen LogP contribution in [0.3, 0.4) is 0 Å². The highest BCUT2D eigenvalue weighted by atomic mass is 16.5. The highest BCUT2D eigenvalue weighted by Gasteiger charge is 2.48. The molecule has 0 saturated carbocycles. The predicted molar refractivity (Wildman–Crippen MR) is 150 cm³/mol. The zero-order chi connectivity index (χ0) is 29.6. The number of imide groups is 1. The Kier molecular flexibility index (Phi) is 8.42. The van der Waals surface area contributed by atoms with Gasteiger partial charge in [0.2, 0.25) is 5.82 Å². The van der Waals surface area contributed by atoms with Crippen LogP contribution in [0.15, 0.2) is 71.3 Å². The summed E-state index contributed by atoms with van der Waals surface area (Å²) in [5, 5.41) is 6.84. The molecule has 0 fully saturated rings. The van der Waals surface area contributed by atoms with Crippen molar-refractivity contribution in [2.45, 2.75) is 13.0 Å². The molecule has 5 rings (SSSR count). The van der Waals surface area contributed by atoms with Gasteiger partial charge in [-0.1, -0.05) is 29.5 Å². The van der Waals surface area contributed by atoms with Gasteiger partial charge in [0, 0.05) is 12.1 Å². The molecule has 1 unspecified atom stereocenters. The predicted octanol–water partition coefficient (Wildman–Crippen LogP) is 2.78. The number of nitrogens with one attached hydrogen (secondary N) is 1. The first kappa shape index (κ1) is 28.3. The van der Waals surface area contributed by atoms with Gasteiger partial charge < -0.3 is 24.1 Å². The van der Waals surface area contributed by atoms with Crippen LogP contribution in [0.5, 0.6) is 17.2 Å². The second kappa shape index (κ2) is 12.5. The number of amides is 4. The van der Waals surface area contributed by atoms with Crippen LogP contribution in [-0.4, -0.2) is 77.6 Å². The zero-order valence-electron chi connectivity index (χ0n) is 23.4. The number of ether oxygens (including phenoxy) is 3. The maximum Gasteiger partial charge on any atom is 0.501 e. The van der Waals surface area contributed by atoms with Crippen LogP contribution in [0.1, 0.15) is 11.5 Å². The summed E-state index contributed by atoms with van der Waals surface area (Å²) in [6, 6.07) is 12.0. The van der Waals surface area contributed by atoms with E-state index in [1.54, 1.807) is 76.0 Å². The smallest absolute Gasteiger partial charge is 0.497 e. The maximum atomic E-state index is 13.5. The molecule has 1 atom stereocenters. The van der Waals surface area contributed by atoms with Crippen molar-refractivity contribution < 1.29 is 37.7 Å². The van der Waals surface area contributed by atoms with Gasteiger partial charge in [-0.2, -0.15) is 14.4 Å². The molecule has 2 aliphatic rings. The third-order valence-electron chi connectivity index (χ3n) is 6.90. The summed E-state index contributed by atoms with van der Waals surface area (Å²) in [5.74, 6) is 0.754. The number of rotatable bonds is 11. The molecule has 1 aliphatic heterocycles. The lowest BCUT2D eigenvalue weighted by Gasteiger charge is -2.25. The van der Waals surface area contributed by atoms with Gasteiger partial charge in [0.1, 0.15) is 17.4 Å². The standard InChI is InChI=1S/C30H29N5O7/c1-39-21-11-9-20(10-12-21)28-32-27(42-33-28)18-35-29(37)22-6-4-5-7-23(22)34(30(35)38)17-26(36)31-15-14-19-8-13-24(40-2)25(16-19)41-3/h4-13,16,22H,14-15,17-18H2,1-3H3/p+1. The van der Waals surface area contributed by atoms with Crippen LogP contribution in [0.25, 0.3) is 11.4 Å². The topological polar surface area (TPSA) is 136 Å². The largest absolute Gasteiger partial charge is 0.501 e. The van der Waals surface area contributed by atoms with E-state index in [4.69, 9.17) is 18.7 Å². The molecular formula is C30H30N5O7+. The molecular weight excluding hydrogens is 542 g/mol. The Bertz CT molecular complexity index is 1590. The Morgan fingerprint density at radius 3 is 2.55 bits per heavy atom. The van der Waals surface area contributed by atoms with Crippen molar-refractivity contribution in [2.75, 3.05) is 34.4 Å². The second-order valence-electron chi connectivity index (χ2n) is 9.47. The number of aromatic nitrogens is 2. The first-order valence-electron chi connectivity index (χ1n) is 13.2. The van der Waals surface area contributed by atoms with Crippen molar-refractivity contribution in [3.05, 3.63) is 78.2 Å². The highest BCUT2D eigenvalue weighted by molar-refractivity contribution is 6.16. The van der Waals surface area contributed by atoms with Crippen LogP contribution < -0.4 is 19.5 Å². The minimum atomic E-state index is -0.726. The number of allylic oxidation sites excluding steroid dienone is 3. The molecule has 2 heterocycles. The molecule has 12 heteroatoms. The van der Waals surface area contributed by atoms with Gasteiger partial charge in [0.05, 0.1) is 21.3 Å². The molecule has 2 aromatic carbocycles. The van der Waals surface area contributed by atoms with Gasteiger partial charge in [0.25, 0.3) is 11.8 Å². The lowest BCUT2D eigenvalue weighted by molar-refractivity contribution is -0.429. The summed E-state index contributed by atoms with van der Waals surface area (Å²) >= 11 is 0. The number of fused-ring (bicyclic) bond motifs is 1. The van der Waals surface area contributed by atoms with E-state index in [9.17, 15) is 14.4 Å². The molecule has 0 saturated heterocycles. The fraction of sp³-hybridized carbons (Fsp3) is 0.267. The Hall–Kier alpha value is -5.26. The minimum Gasteiger partial charge on any atom is -0.497 e. The van der Waals surface area contributed by atoms with Gasteiger partial charge >= 0.3 is 11.9 Å². The first-order chi connectivity index (χ1) is 20.4. The number of hydrogen-bond acceptors (Lipinski definition) is 9. The number of hydrogen-bond donors (Lipinski definition) is 1. The number of benzene rings is 2. The average Bonchev–Trinajstić information content (AvgIpc) is 3.50. The number of carbonyl (C=O) groups excluding carboxylic acids is 3. The van der Waals surface area contributed by atoms with E-state index < -0.39 is 17.9 Å². The molecule has 0 bridgehead atoms. The van der Waals surface area contributed by atoms with E-state index in [1.807, 2.05) is 12.1 Å². The first-order valence-corrected chi connectivity index (χ1v) is 13.2. The van der Waals surface area contributed by atoms with Crippen LogP contribution in [0.4, 0.5) is 4.79 Å². The SMILES string of the molecule is COc1ccc(-c2noc(CN3C(=O)C4C=CC=CC4=[N+](CC(=O)NCCc4ccc(OC)c(OC)c4)C3=O)n2)cc1. The fourth-order valence-electron chi connectivity index (χ4n) is 4.71. The van der Waals surface area contributed by atoms with Gasteiger partial charge in [-0.3, -0.25) is 4.79 Å². The number of carbonyl (C=O) groups is 3. The minimum absolute atomic E-state index is 0.0839. The summed E-state index contributed by atoms with van der Waals surface area (Å²) in [7, 11) is 4.70. The molecule has 42 heavy (non-hydrogen) atoms. The summed E-state index contributed by atoms with van der Waals surface area (Å²) in [6.45, 7) is -0.164. The quantitative estimate of drug-likeness (QED) is 0.344. The molecule has 1 aliphatic carbocycles. The van der Waals surface area contributed by atoms with Crippen molar-refractivity contribution >= 4 is 23.6 Å². The lowest BCUT2D eigenvalue weighted by Crippen LogP contribution is -2.55. The molecule has 4 amide bonds. The van der Waals surface area contributed by atoms with E-state index >= 15 is 0 Å². The van der Waals surface area contributed by atoms with Gasteiger partial charge in [-0.25, -0.2) is 4.79 Å². The van der Waals surface area contributed by atoms with Gasteiger partial charge in [-0.15, -0.1) is 4.90 Å². The Labute approximate surface area is 241 Å². The molecule has 0 radical (unpaired) electrons. The Morgan fingerprint density at radius 1 is 1.02 bits per heavy atom.